The first kappa shape index (κ1) is 29.5. The molecular formula is C26H50O6. The van der Waals surface area contributed by atoms with Crippen LogP contribution in [0.15, 0.2) is 12.2 Å². The highest BCUT2D eigenvalue weighted by Crippen LogP contribution is 2.39. The molecule has 0 aliphatic heterocycles. The van der Waals surface area contributed by atoms with Crippen molar-refractivity contribution in [1.29, 1.82) is 0 Å². The van der Waals surface area contributed by atoms with Crippen molar-refractivity contribution in [3.05, 3.63) is 12.2 Å². The smallest absolute Gasteiger partial charge is 0.0806 e. The summed E-state index contributed by atoms with van der Waals surface area (Å²) in [4.78, 5) is 0. The van der Waals surface area contributed by atoms with Crippen LogP contribution in [-0.4, -0.2) is 75.3 Å². The Labute approximate surface area is 196 Å². The lowest BCUT2D eigenvalue weighted by Crippen LogP contribution is -2.31. The molecule has 32 heavy (non-hydrogen) atoms. The number of hydrogen-bond acceptors (Lipinski definition) is 6. The molecule has 0 aromatic heterocycles. The van der Waals surface area contributed by atoms with Crippen LogP contribution >= 0.6 is 0 Å². The van der Waals surface area contributed by atoms with Crippen molar-refractivity contribution >= 4 is 0 Å². The SMILES string of the molecule is CCCOCC1(COCCC)CC(O)C(O)C1.CCCOCC1(COCCC)CC=CC1. The summed E-state index contributed by atoms with van der Waals surface area (Å²) in [6, 6.07) is 0. The van der Waals surface area contributed by atoms with Gasteiger partial charge in [-0.1, -0.05) is 39.8 Å². The van der Waals surface area contributed by atoms with Gasteiger partial charge in [0.1, 0.15) is 0 Å². The molecular weight excluding hydrogens is 408 g/mol. The fourth-order valence-corrected chi connectivity index (χ4v) is 4.28. The van der Waals surface area contributed by atoms with Gasteiger partial charge in [0.2, 0.25) is 0 Å². The normalized spacial score (nSPS) is 23.3. The standard InChI is InChI=1S/C13H26O4.C13H24O2/c1-3-5-16-9-13(10-17-6-4-2)7-11(14)12(15)8-13;1-3-9-14-11-13(7-5-6-8-13)12-15-10-4-2/h11-12,14-15H,3-10H2,1-2H3;5-6H,3-4,7-12H2,1-2H3. The average Bonchev–Trinajstić information content (AvgIpc) is 3.34. The molecule has 2 rings (SSSR count). The van der Waals surface area contributed by atoms with E-state index in [1.165, 1.54) is 0 Å². The number of hydrogen-bond donors (Lipinski definition) is 2. The first-order valence-electron chi connectivity index (χ1n) is 12.8. The van der Waals surface area contributed by atoms with Crippen molar-refractivity contribution in [2.45, 2.75) is 91.3 Å². The lowest BCUT2D eigenvalue weighted by molar-refractivity contribution is -0.0264. The van der Waals surface area contributed by atoms with Gasteiger partial charge in [-0.2, -0.15) is 0 Å². The van der Waals surface area contributed by atoms with Gasteiger partial charge in [-0.25, -0.2) is 0 Å². The number of aliphatic hydroxyl groups is 2. The molecule has 190 valence electrons. The minimum Gasteiger partial charge on any atom is -0.390 e. The molecule has 0 heterocycles. The Morgan fingerprint density at radius 1 is 0.594 bits per heavy atom. The summed E-state index contributed by atoms with van der Waals surface area (Å²) in [5.74, 6) is 0. The van der Waals surface area contributed by atoms with Crippen molar-refractivity contribution in [2.24, 2.45) is 10.8 Å². The van der Waals surface area contributed by atoms with Crippen LogP contribution in [0.2, 0.25) is 0 Å². The minimum absolute atomic E-state index is 0.205. The molecule has 2 aliphatic carbocycles. The molecule has 0 aromatic carbocycles. The van der Waals surface area contributed by atoms with Crippen molar-refractivity contribution in [2.75, 3.05) is 52.9 Å². The largest absolute Gasteiger partial charge is 0.390 e. The second-order valence-electron chi connectivity index (χ2n) is 9.63. The van der Waals surface area contributed by atoms with Gasteiger partial charge in [0.25, 0.3) is 0 Å². The maximum Gasteiger partial charge on any atom is 0.0806 e. The molecule has 0 amide bonds. The van der Waals surface area contributed by atoms with Gasteiger partial charge >= 0.3 is 0 Å². The quantitative estimate of drug-likeness (QED) is 0.262. The molecule has 0 aromatic rings. The third-order valence-electron chi connectivity index (χ3n) is 6.02. The first-order chi connectivity index (χ1) is 15.5. The van der Waals surface area contributed by atoms with Gasteiger partial charge in [-0.15, -0.1) is 0 Å². The Kier molecular flexibility index (Phi) is 15.7. The van der Waals surface area contributed by atoms with Crippen LogP contribution in [-0.2, 0) is 18.9 Å². The number of rotatable bonds is 16. The van der Waals surface area contributed by atoms with E-state index in [1.54, 1.807) is 0 Å². The van der Waals surface area contributed by atoms with E-state index >= 15 is 0 Å². The van der Waals surface area contributed by atoms with Crippen LogP contribution in [0.5, 0.6) is 0 Å². The molecule has 2 N–H and O–H groups in total. The van der Waals surface area contributed by atoms with Gasteiger partial charge in [0.05, 0.1) is 38.6 Å². The summed E-state index contributed by atoms with van der Waals surface area (Å²) in [7, 11) is 0. The second-order valence-corrected chi connectivity index (χ2v) is 9.63. The molecule has 0 spiro atoms. The van der Waals surface area contributed by atoms with Crippen LogP contribution < -0.4 is 0 Å². The third kappa shape index (κ3) is 11.1. The zero-order valence-electron chi connectivity index (χ0n) is 21.2. The summed E-state index contributed by atoms with van der Waals surface area (Å²) in [5, 5.41) is 19.4. The zero-order chi connectivity index (χ0) is 23.7. The van der Waals surface area contributed by atoms with E-state index in [9.17, 15) is 10.2 Å². The topological polar surface area (TPSA) is 77.4 Å². The number of allylic oxidation sites excluding steroid dienone is 2. The summed E-state index contributed by atoms with van der Waals surface area (Å²) in [6.45, 7) is 14.4. The highest BCUT2D eigenvalue weighted by atomic mass is 16.5. The van der Waals surface area contributed by atoms with Gasteiger partial charge in [0.15, 0.2) is 0 Å². The van der Waals surface area contributed by atoms with Crippen LogP contribution in [0.3, 0.4) is 0 Å². The van der Waals surface area contributed by atoms with Gasteiger partial charge in [0, 0.05) is 37.3 Å². The van der Waals surface area contributed by atoms with Crippen LogP contribution in [0, 0.1) is 10.8 Å². The Balaban J connectivity index is 0.000000323. The van der Waals surface area contributed by atoms with Gasteiger partial charge in [-0.3, -0.25) is 0 Å². The highest BCUT2D eigenvalue weighted by Gasteiger charge is 2.44. The van der Waals surface area contributed by atoms with Crippen LogP contribution in [0.4, 0.5) is 0 Å². The predicted octanol–water partition coefficient (Wildman–Crippen LogP) is 4.52. The van der Waals surface area contributed by atoms with E-state index in [0.717, 1.165) is 78.2 Å². The van der Waals surface area contributed by atoms with Gasteiger partial charge in [-0.05, 0) is 51.4 Å². The van der Waals surface area contributed by atoms with Crippen molar-refractivity contribution in [3.63, 3.8) is 0 Å². The lowest BCUT2D eigenvalue weighted by Gasteiger charge is -2.28. The highest BCUT2D eigenvalue weighted by molar-refractivity contribution is 5.03. The third-order valence-corrected chi connectivity index (χ3v) is 6.02. The van der Waals surface area contributed by atoms with Crippen LogP contribution in [0.25, 0.3) is 0 Å². The van der Waals surface area contributed by atoms with Crippen molar-refractivity contribution < 1.29 is 29.2 Å². The van der Waals surface area contributed by atoms with Crippen LogP contribution in [0.1, 0.15) is 79.1 Å². The molecule has 1 saturated carbocycles. The maximum atomic E-state index is 9.69. The van der Waals surface area contributed by atoms with E-state index in [2.05, 4.69) is 39.8 Å². The molecule has 2 atom stereocenters. The predicted molar refractivity (Wildman–Crippen MR) is 129 cm³/mol. The van der Waals surface area contributed by atoms with E-state index in [-0.39, 0.29) is 10.8 Å². The molecule has 2 aliphatic rings. The summed E-state index contributed by atoms with van der Waals surface area (Å²) in [6.07, 6.45) is 10.8. The number of aliphatic hydroxyl groups excluding tert-OH is 2. The second kappa shape index (κ2) is 17.0. The lowest BCUT2D eigenvalue weighted by atomic mass is 9.87. The molecule has 1 fully saturated rings. The van der Waals surface area contributed by atoms with E-state index in [4.69, 9.17) is 18.9 Å². The number of ether oxygens (including phenoxy) is 4. The molecule has 0 bridgehead atoms. The Hall–Kier alpha value is -0.500. The van der Waals surface area contributed by atoms with Crippen molar-refractivity contribution in [1.82, 2.24) is 0 Å². The molecule has 0 radical (unpaired) electrons. The maximum absolute atomic E-state index is 9.69. The van der Waals surface area contributed by atoms with E-state index in [0.29, 0.717) is 26.1 Å². The fourth-order valence-electron chi connectivity index (χ4n) is 4.28. The molecule has 2 unspecified atom stereocenters. The molecule has 6 nitrogen and oxygen atoms in total. The monoisotopic (exact) mass is 458 g/mol. The minimum atomic E-state index is -0.634. The Morgan fingerprint density at radius 2 is 0.906 bits per heavy atom. The summed E-state index contributed by atoms with van der Waals surface area (Å²) >= 11 is 0. The Morgan fingerprint density at radius 3 is 1.22 bits per heavy atom. The Bertz CT molecular complexity index is 439. The average molecular weight is 459 g/mol. The first-order valence-corrected chi connectivity index (χ1v) is 12.8. The van der Waals surface area contributed by atoms with E-state index < -0.39 is 12.2 Å². The molecule has 6 heteroatoms. The van der Waals surface area contributed by atoms with Gasteiger partial charge < -0.3 is 29.2 Å². The summed E-state index contributed by atoms with van der Waals surface area (Å²) in [5.41, 5.74) is 0.0352. The fraction of sp³-hybridized carbons (Fsp3) is 0.923. The van der Waals surface area contributed by atoms with Crippen molar-refractivity contribution in [3.8, 4) is 0 Å². The molecule has 0 saturated heterocycles. The zero-order valence-corrected chi connectivity index (χ0v) is 21.2. The van der Waals surface area contributed by atoms with E-state index in [1.807, 2.05) is 0 Å². The summed E-state index contributed by atoms with van der Waals surface area (Å²) < 4.78 is 22.6.